The molecule has 2 aromatic rings. The van der Waals surface area contributed by atoms with Gasteiger partial charge in [0, 0.05) is 12.6 Å². The molecule has 1 fully saturated rings. The van der Waals surface area contributed by atoms with Crippen LogP contribution in [-0.2, 0) is 26.2 Å². The highest BCUT2D eigenvalue weighted by Gasteiger charge is 2.33. The number of sulfonamides is 1. The van der Waals surface area contributed by atoms with Crippen molar-refractivity contribution in [3.63, 3.8) is 0 Å². The lowest BCUT2D eigenvalue weighted by molar-refractivity contribution is -0.140. The Labute approximate surface area is 244 Å². The van der Waals surface area contributed by atoms with Crippen LogP contribution in [0.2, 0.25) is 20.1 Å². The summed E-state index contributed by atoms with van der Waals surface area (Å²) in [4.78, 5) is 28.6. The fourth-order valence-electron chi connectivity index (χ4n) is 4.58. The second kappa shape index (κ2) is 13.6. The van der Waals surface area contributed by atoms with E-state index in [1.165, 1.54) is 17.0 Å². The van der Waals surface area contributed by atoms with Gasteiger partial charge in [-0.3, -0.25) is 13.9 Å². The molecule has 208 valence electrons. The Morgan fingerprint density at radius 3 is 2.29 bits per heavy atom. The molecule has 1 N–H and O–H groups in total. The number of hydrogen-bond acceptors (Lipinski definition) is 4. The first-order valence-corrected chi connectivity index (χ1v) is 15.7. The predicted molar refractivity (Wildman–Crippen MR) is 155 cm³/mol. The van der Waals surface area contributed by atoms with E-state index in [1.54, 1.807) is 24.3 Å². The van der Waals surface area contributed by atoms with Crippen LogP contribution >= 0.6 is 46.4 Å². The number of amides is 2. The molecule has 7 nitrogen and oxygen atoms in total. The van der Waals surface area contributed by atoms with E-state index >= 15 is 0 Å². The second-order valence-corrected chi connectivity index (χ2v) is 12.9. The van der Waals surface area contributed by atoms with E-state index in [9.17, 15) is 18.0 Å². The molecule has 0 heterocycles. The maximum atomic E-state index is 13.8. The van der Waals surface area contributed by atoms with Crippen molar-refractivity contribution in [3.05, 3.63) is 62.1 Å². The van der Waals surface area contributed by atoms with Crippen LogP contribution in [0.1, 0.15) is 51.0 Å². The zero-order valence-corrected chi connectivity index (χ0v) is 25.1. The molecule has 1 aliphatic rings. The van der Waals surface area contributed by atoms with E-state index in [1.807, 2.05) is 6.92 Å². The van der Waals surface area contributed by atoms with Crippen LogP contribution in [-0.4, -0.2) is 50.0 Å². The molecule has 1 saturated carbocycles. The van der Waals surface area contributed by atoms with E-state index in [0.29, 0.717) is 22.0 Å². The van der Waals surface area contributed by atoms with Gasteiger partial charge in [0.05, 0.1) is 32.0 Å². The van der Waals surface area contributed by atoms with Gasteiger partial charge >= 0.3 is 0 Å². The number of halogens is 4. The molecular weight excluding hydrogens is 592 g/mol. The van der Waals surface area contributed by atoms with Gasteiger partial charge in [-0.25, -0.2) is 8.42 Å². The molecule has 0 spiro atoms. The maximum absolute atomic E-state index is 13.8. The molecule has 2 aromatic carbocycles. The fraction of sp³-hybridized carbons (Fsp3) is 0.462. The van der Waals surface area contributed by atoms with E-state index in [-0.39, 0.29) is 34.2 Å². The van der Waals surface area contributed by atoms with Gasteiger partial charge in [0.25, 0.3) is 0 Å². The third-order valence-electron chi connectivity index (χ3n) is 6.55. The summed E-state index contributed by atoms with van der Waals surface area (Å²) in [6.45, 7) is 1.25. The van der Waals surface area contributed by atoms with Crippen molar-refractivity contribution in [3.8, 4) is 0 Å². The number of nitrogens with zero attached hydrogens (tertiary/aromatic N) is 2. The van der Waals surface area contributed by atoms with E-state index < -0.39 is 28.5 Å². The standard InChI is InChI=1S/C26H31Cl4N3O4S/c1-3-22(26(35)31-18-8-5-4-6-9-18)32(15-17-12-13-19(27)21(29)14-17)24(34)16-33(38(2,36)37)23-11-7-10-20(28)25(23)30/h7,10-14,18,22H,3-6,8-9,15-16H2,1-2H3,(H,31,35)/t22-/m0/s1. The van der Waals surface area contributed by atoms with Crippen molar-refractivity contribution in [2.45, 2.75) is 64.1 Å². The van der Waals surface area contributed by atoms with Crippen molar-refractivity contribution < 1.29 is 18.0 Å². The highest BCUT2D eigenvalue weighted by Crippen LogP contribution is 2.34. The lowest BCUT2D eigenvalue weighted by Gasteiger charge is -2.34. The Hall–Kier alpha value is -1.71. The number of carbonyl (C=O) groups is 2. The van der Waals surface area contributed by atoms with Gasteiger partial charge in [-0.1, -0.05) is 84.7 Å². The molecule has 12 heteroatoms. The van der Waals surface area contributed by atoms with Crippen LogP contribution in [0.25, 0.3) is 0 Å². The molecular formula is C26H31Cl4N3O4S. The van der Waals surface area contributed by atoms with E-state index in [0.717, 1.165) is 42.7 Å². The lowest BCUT2D eigenvalue weighted by atomic mass is 9.95. The minimum absolute atomic E-state index is 0.00510. The number of nitrogens with one attached hydrogen (secondary N) is 1. The SMILES string of the molecule is CC[C@@H](C(=O)NC1CCCCC1)N(Cc1ccc(Cl)c(Cl)c1)C(=O)CN(c1cccc(Cl)c1Cl)S(C)(=O)=O. The van der Waals surface area contributed by atoms with E-state index in [4.69, 9.17) is 46.4 Å². The van der Waals surface area contributed by atoms with E-state index in [2.05, 4.69) is 5.32 Å². The van der Waals surface area contributed by atoms with Gasteiger partial charge in [0.1, 0.15) is 12.6 Å². The van der Waals surface area contributed by atoms with Crippen LogP contribution in [0.5, 0.6) is 0 Å². The summed E-state index contributed by atoms with van der Waals surface area (Å²) in [6, 6.07) is 8.69. The maximum Gasteiger partial charge on any atom is 0.244 e. The molecule has 0 unspecified atom stereocenters. The first kappa shape index (κ1) is 30.8. The van der Waals surface area contributed by atoms with Crippen LogP contribution in [0.4, 0.5) is 5.69 Å². The topological polar surface area (TPSA) is 86.8 Å². The Kier molecular flexibility index (Phi) is 11.0. The molecule has 0 radical (unpaired) electrons. The minimum atomic E-state index is -3.94. The van der Waals surface area contributed by atoms with Gasteiger partial charge in [0.15, 0.2) is 0 Å². The number of hydrogen-bond donors (Lipinski definition) is 1. The molecule has 1 aliphatic carbocycles. The average molecular weight is 623 g/mol. The Balaban J connectivity index is 1.96. The van der Waals surface area contributed by atoms with Crippen LogP contribution in [0.3, 0.4) is 0 Å². The zero-order chi connectivity index (χ0) is 28.0. The van der Waals surface area contributed by atoms with Gasteiger partial charge in [-0.2, -0.15) is 0 Å². The molecule has 2 amide bonds. The van der Waals surface area contributed by atoms with Crippen molar-refractivity contribution in [2.24, 2.45) is 0 Å². The quantitative estimate of drug-likeness (QED) is 0.336. The third kappa shape index (κ3) is 7.92. The van der Waals surface area contributed by atoms with Gasteiger partial charge in [0.2, 0.25) is 21.8 Å². The predicted octanol–water partition coefficient (Wildman–Crippen LogP) is 6.32. The summed E-state index contributed by atoms with van der Waals surface area (Å²) in [5.41, 5.74) is 0.715. The summed E-state index contributed by atoms with van der Waals surface area (Å²) < 4.78 is 26.4. The molecule has 0 aromatic heterocycles. The van der Waals surface area contributed by atoms with Crippen molar-refractivity contribution in [2.75, 3.05) is 17.1 Å². The molecule has 1 atom stereocenters. The summed E-state index contributed by atoms with van der Waals surface area (Å²) in [5.74, 6) is -0.859. The molecule has 3 rings (SSSR count). The number of rotatable bonds is 10. The first-order valence-electron chi connectivity index (χ1n) is 12.4. The largest absolute Gasteiger partial charge is 0.352 e. The average Bonchev–Trinajstić information content (AvgIpc) is 2.86. The third-order valence-corrected chi connectivity index (χ3v) is 9.23. The summed E-state index contributed by atoms with van der Waals surface area (Å²) >= 11 is 24.7. The van der Waals surface area contributed by atoms with Crippen molar-refractivity contribution in [1.82, 2.24) is 10.2 Å². The summed E-state index contributed by atoms with van der Waals surface area (Å²) in [7, 11) is -3.94. The first-order chi connectivity index (χ1) is 17.9. The number of benzene rings is 2. The highest BCUT2D eigenvalue weighted by molar-refractivity contribution is 7.92. The fourth-order valence-corrected chi connectivity index (χ4v) is 6.20. The molecule has 0 bridgehead atoms. The lowest BCUT2D eigenvalue weighted by Crippen LogP contribution is -2.54. The van der Waals surface area contributed by atoms with Crippen LogP contribution in [0, 0.1) is 0 Å². The Morgan fingerprint density at radius 2 is 1.68 bits per heavy atom. The normalized spacial score (nSPS) is 15.1. The Bertz CT molecular complexity index is 1270. The second-order valence-electron chi connectivity index (χ2n) is 9.38. The van der Waals surface area contributed by atoms with Crippen LogP contribution in [0.15, 0.2) is 36.4 Å². The van der Waals surface area contributed by atoms with Crippen molar-refractivity contribution >= 4 is 73.9 Å². The van der Waals surface area contributed by atoms with Gasteiger partial charge in [-0.15, -0.1) is 0 Å². The minimum Gasteiger partial charge on any atom is -0.352 e. The highest BCUT2D eigenvalue weighted by atomic mass is 35.5. The number of carbonyl (C=O) groups excluding carboxylic acids is 2. The Morgan fingerprint density at radius 1 is 1.00 bits per heavy atom. The van der Waals surface area contributed by atoms with Crippen LogP contribution < -0.4 is 9.62 Å². The monoisotopic (exact) mass is 621 g/mol. The molecule has 0 saturated heterocycles. The molecule has 38 heavy (non-hydrogen) atoms. The number of anilines is 1. The van der Waals surface area contributed by atoms with Crippen molar-refractivity contribution in [1.29, 1.82) is 0 Å². The van der Waals surface area contributed by atoms with Gasteiger partial charge < -0.3 is 10.2 Å². The van der Waals surface area contributed by atoms with Gasteiger partial charge in [-0.05, 0) is 49.1 Å². The zero-order valence-electron chi connectivity index (χ0n) is 21.2. The summed E-state index contributed by atoms with van der Waals surface area (Å²) in [6.07, 6.45) is 6.29. The smallest absolute Gasteiger partial charge is 0.244 e. The summed E-state index contributed by atoms with van der Waals surface area (Å²) in [5, 5.41) is 3.91. The molecule has 0 aliphatic heterocycles.